The van der Waals surface area contributed by atoms with Crippen LogP contribution in [-0.2, 0) is 6.61 Å². The molecule has 0 saturated carbocycles. The van der Waals surface area contributed by atoms with E-state index in [1.165, 1.54) is 17.6 Å². The number of nitrogens with zero attached hydrogens (tertiary/aromatic N) is 5. The third-order valence-corrected chi connectivity index (χ3v) is 3.38. The Kier molecular flexibility index (Phi) is 5.12. The van der Waals surface area contributed by atoms with Crippen molar-refractivity contribution in [3.8, 4) is 5.88 Å². The van der Waals surface area contributed by atoms with E-state index in [9.17, 15) is 8.78 Å². The summed E-state index contributed by atoms with van der Waals surface area (Å²) < 4.78 is 34.1. The lowest BCUT2D eigenvalue weighted by atomic mass is 10.2. The standard InChI is InChI=1S/C18H15F2N5O/c1-3-13(19)8-15(20)12(2)16-9-22-18-23-14(10-25(18)24-16)11-26-17-6-4-5-7-21-17/h3-10H,2,11H2,1H3/b13-3+,15-8+. The van der Waals surface area contributed by atoms with Gasteiger partial charge in [-0.15, -0.1) is 0 Å². The van der Waals surface area contributed by atoms with Crippen LogP contribution < -0.4 is 4.74 Å². The number of rotatable bonds is 6. The highest BCUT2D eigenvalue weighted by molar-refractivity contribution is 5.72. The fourth-order valence-electron chi connectivity index (χ4n) is 2.03. The molecule has 8 heteroatoms. The minimum atomic E-state index is -0.826. The first-order valence-corrected chi connectivity index (χ1v) is 7.70. The molecular weight excluding hydrogens is 340 g/mol. The van der Waals surface area contributed by atoms with Gasteiger partial charge >= 0.3 is 0 Å². The van der Waals surface area contributed by atoms with Gasteiger partial charge in [-0.1, -0.05) is 18.7 Å². The maximum atomic E-state index is 14.0. The molecule has 0 aliphatic carbocycles. The van der Waals surface area contributed by atoms with Gasteiger partial charge in [-0.3, -0.25) is 0 Å². The highest BCUT2D eigenvalue weighted by Gasteiger charge is 2.11. The van der Waals surface area contributed by atoms with Crippen LogP contribution in [0.15, 0.2) is 67.2 Å². The highest BCUT2D eigenvalue weighted by Crippen LogP contribution is 2.22. The summed E-state index contributed by atoms with van der Waals surface area (Å²) in [6.45, 7) is 5.24. The zero-order valence-corrected chi connectivity index (χ0v) is 13.9. The largest absolute Gasteiger partial charge is 0.471 e. The second-order valence-electron chi connectivity index (χ2n) is 5.22. The van der Waals surface area contributed by atoms with E-state index >= 15 is 0 Å². The molecule has 0 aliphatic heterocycles. The van der Waals surface area contributed by atoms with Gasteiger partial charge in [0.15, 0.2) is 0 Å². The number of allylic oxidation sites excluding steroid dienone is 5. The van der Waals surface area contributed by atoms with Crippen molar-refractivity contribution >= 4 is 11.4 Å². The number of halogens is 2. The van der Waals surface area contributed by atoms with Crippen LogP contribution in [0.2, 0.25) is 0 Å². The van der Waals surface area contributed by atoms with Crippen molar-refractivity contribution in [3.05, 3.63) is 78.6 Å². The maximum absolute atomic E-state index is 14.0. The topological polar surface area (TPSA) is 65.2 Å². The van der Waals surface area contributed by atoms with Crippen LogP contribution in [0.4, 0.5) is 8.78 Å². The molecule has 6 nitrogen and oxygen atoms in total. The summed E-state index contributed by atoms with van der Waals surface area (Å²) in [6.07, 6.45) is 6.45. The van der Waals surface area contributed by atoms with Crippen LogP contribution in [0, 0.1) is 0 Å². The van der Waals surface area contributed by atoms with E-state index in [2.05, 4.69) is 26.6 Å². The Labute approximate surface area is 148 Å². The number of hydrogen-bond acceptors (Lipinski definition) is 5. The van der Waals surface area contributed by atoms with Crippen molar-refractivity contribution in [2.24, 2.45) is 0 Å². The summed E-state index contributed by atoms with van der Waals surface area (Å²) in [5, 5.41) is 4.20. The van der Waals surface area contributed by atoms with Crippen molar-refractivity contribution in [1.29, 1.82) is 0 Å². The molecule has 0 saturated heterocycles. The van der Waals surface area contributed by atoms with Crippen molar-refractivity contribution in [2.45, 2.75) is 13.5 Å². The summed E-state index contributed by atoms with van der Waals surface area (Å²) in [4.78, 5) is 12.4. The van der Waals surface area contributed by atoms with Gasteiger partial charge in [-0.25, -0.2) is 28.2 Å². The lowest BCUT2D eigenvalue weighted by Gasteiger charge is -2.02. The maximum Gasteiger partial charge on any atom is 0.251 e. The fraction of sp³-hybridized carbons (Fsp3) is 0.111. The van der Waals surface area contributed by atoms with Gasteiger partial charge in [0.2, 0.25) is 5.88 Å². The minimum absolute atomic E-state index is 0.0728. The molecule has 0 atom stereocenters. The van der Waals surface area contributed by atoms with Crippen LogP contribution in [0.5, 0.6) is 5.88 Å². The lowest BCUT2D eigenvalue weighted by Crippen LogP contribution is -1.99. The molecule has 0 spiro atoms. The number of hydrogen-bond donors (Lipinski definition) is 0. The number of imidazole rings is 1. The summed E-state index contributed by atoms with van der Waals surface area (Å²) in [7, 11) is 0. The van der Waals surface area contributed by atoms with Gasteiger partial charge in [0.05, 0.1) is 12.4 Å². The molecule has 3 rings (SSSR count). The number of fused-ring (bicyclic) bond motifs is 1. The Bertz CT molecular complexity index is 995. The lowest BCUT2D eigenvalue weighted by molar-refractivity contribution is 0.290. The first-order chi connectivity index (χ1) is 12.6. The van der Waals surface area contributed by atoms with E-state index in [1.807, 2.05) is 6.07 Å². The molecule has 3 aromatic heterocycles. The Hall–Kier alpha value is -3.42. The third-order valence-electron chi connectivity index (χ3n) is 3.38. The van der Waals surface area contributed by atoms with Gasteiger partial charge in [0, 0.05) is 23.9 Å². The third kappa shape index (κ3) is 3.97. The molecule has 3 heterocycles. The average Bonchev–Trinajstić information content (AvgIpc) is 3.08. The van der Waals surface area contributed by atoms with Crippen LogP contribution in [0.25, 0.3) is 11.4 Å². The SMILES string of the molecule is C=C(/C(F)=C\C(F)=C/C)c1cnc2nc(COc3ccccn3)cn2n1. The molecule has 0 aliphatic rings. The van der Waals surface area contributed by atoms with E-state index in [0.717, 1.165) is 12.2 Å². The fourth-order valence-corrected chi connectivity index (χ4v) is 2.03. The van der Waals surface area contributed by atoms with Crippen LogP contribution >= 0.6 is 0 Å². The first kappa shape index (κ1) is 17.4. The van der Waals surface area contributed by atoms with Crippen molar-refractivity contribution in [3.63, 3.8) is 0 Å². The predicted molar refractivity (Wildman–Crippen MR) is 92.4 cm³/mol. The Balaban J connectivity index is 1.79. The molecule has 0 radical (unpaired) electrons. The second-order valence-corrected chi connectivity index (χ2v) is 5.22. The average molecular weight is 355 g/mol. The second kappa shape index (κ2) is 7.64. The molecule has 0 bridgehead atoms. The highest BCUT2D eigenvalue weighted by atomic mass is 19.1. The molecule has 0 amide bonds. The van der Waals surface area contributed by atoms with E-state index in [0.29, 0.717) is 17.4 Å². The number of pyridine rings is 1. The van der Waals surface area contributed by atoms with Crippen LogP contribution in [0.3, 0.4) is 0 Å². The van der Waals surface area contributed by atoms with E-state index in [1.54, 1.807) is 24.5 Å². The van der Waals surface area contributed by atoms with E-state index < -0.39 is 11.7 Å². The van der Waals surface area contributed by atoms with Crippen LogP contribution in [0.1, 0.15) is 18.3 Å². The molecule has 0 fully saturated rings. The predicted octanol–water partition coefficient (Wildman–Crippen LogP) is 3.84. The van der Waals surface area contributed by atoms with Crippen LogP contribution in [-0.4, -0.2) is 24.6 Å². The normalized spacial score (nSPS) is 12.4. The van der Waals surface area contributed by atoms with Gasteiger partial charge in [0.1, 0.15) is 29.6 Å². The smallest absolute Gasteiger partial charge is 0.251 e. The molecule has 0 aromatic carbocycles. The van der Waals surface area contributed by atoms with Gasteiger partial charge in [0.25, 0.3) is 5.78 Å². The quantitative estimate of drug-likeness (QED) is 0.629. The summed E-state index contributed by atoms with van der Waals surface area (Å²) in [5.41, 5.74) is 0.676. The zero-order chi connectivity index (χ0) is 18.5. The molecule has 0 unspecified atom stereocenters. The van der Waals surface area contributed by atoms with E-state index in [4.69, 9.17) is 4.74 Å². The number of aromatic nitrogens is 5. The number of ether oxygens (including phenoxy) is 1. The van der Waals surface area contributed by atoms with E-state index in [-0.39, 0.29) is 17.9 Å². The Morgan fingerprint density at radius 3 is 2.88 bits per heavy atom. The Morgan fingerprint density at radius 1 is 1.31 bits per heavy atom. The van der Waals surface area contributed by atoms with Gasteiger partial charge in [-0.2, -0.15) is 5.10 Å². The molecule has 0 N–H and O–H groups in total. The molecular formula is C18H15F2N5O. The minimum Gasteiger partial charge on any atom is -0.471 e. The summed E-state index contributed by atoms with van der Waals surface area (Å²) in [5.74, 6) is -0.731. The molecule has 132 valence electrons. The van der Waals surface area contributed by atoms with Crippen molar-refractivity contribution in [1.82, 2.24) is 24.6 Å². The Morgan fingerprint density at radius 2 is 2.15 bits per heavy atom. The zero-order valence-electron chi connectivity index (χ0n) is 13.9. The van der Waals surface area contributed by atoms with Crippen molar-refractivity contribution in [2.75, 3.05) is 0 Å². The van der Waals surface area contributed by atoms with Crippen molar-refractivity contribution < 1.29 is 13.5 Å². The van der Waals surface area contributed by atoms with Gasteiger partial charge in [-0.05, 0) is 13.0 Å². The molecule has 3 aromatic rings. The summed E-state index contributed by atoms with van der Waals surface area (Å²) in [6, 6.07) is 5.33. The monoisotopic (exact) mass is 355 g/mol. The van der Waals surface area contributed by atoms with Gasteiger partial charge < -0.3 is 4.74 Å². The molecule has 26 heavy (non-hydrogen) atoms. The first-order valence-electron chi connectivity index (χ1n) is 7.70. The summed E-state index contributed by atoms with van der Waals surface area (Å²) >= 11 is 0.